The van der Waals surface area contributed by atoms with Gasteiger partial charge in [0.1, 0.15) is 0 Å². The van der Waals surface area contributed by atoms with Gasteiger partial charge in [-0.05, 0) is 18.8 Å². The zero-order valence-corrected chi connectivity index (χ0v) is 8.54. The maximum atomic E-state index is 8.74. The second-order valence-corrected chi connectivity index (χ2v) is 4.37. The van der Waals surface area contributed by atoms with Gasteiger partial charge in [0.2, 0.25) is 0 Å². The molecule has 0 radical (unpaired) electrons. The Bertz CT molecular complexity index is 119. The van der Waals surface area contributed by atoms with Gasteiger partial charge in [-0.3, -0.25) is 0 Å². The predicted molar refractivity (Wildman–Crippen MR) is 55.5 cm³/mol. The first-order chi connectivity index (χ1) is 6.33. The Morgan fingerprint density at radius 1 is 1.15 bits per heavy atom. The van der Waals surface area contributed by atoms with Crippen molar-refractivity contribution in [3.8, 4) is 0 Å². The number of aliphatic hydroxyl groups excluding tert-OH is 1. The van der Waals surface area contributed by atoms with Gasteiger partial charge in [0.25, 0.3) is 0 Å². The average molecular weight is 185 g/mol. The highest BCUT2D eigenvalue weighted by Gasteiger charge is 2.15. The molecule has 0 saturated heterocycles. The molecule has 0 aromatic carbocycles. The molecule has 1 atom stereocenters. The summed E-state index contributed by atoms with van der Waals surface area (Å²) in [5, 5.41) is 8.74. The van der Waals surface area contributed by atoms with E-state index in [0.717, 1.165) is 18.8 Å². The van der Waals surface area contributed by atoms with Gasteiger partial charge < -0.3 is 10.8 Å². The van der Waals surface area contributed by atoms with Gasteiger partial charge >= 0.3 is 0 Å². The summed E-state index contributed by atoms with van der Waals surface area (Å²) in [6.45, 7) is 0.244. The number of hydrogen-bond acceptors (Lipinski definition) is 2. The fourth-order valence-corrected chi connectivity index (χ4v) is 2.31. The van der Waals surface area contributed by atoms with Crippen LogP contribution in [-0.4, -0.2) is 17.8 Å². The normalized spacial score (nSPS) is 22.6. The molecule has 1 rings (SSSR count). The van der Waals surface area contributed by atoms with Gasteiger partial charge in [-0.15, -0.1) is 0 Å². The molecule has 78 valence electrons. The van der Waals surface area contributed by atoms with Crippen LogP contribution in [0.1, 0.15) is 51.4 Å². The number of aliphatic hydroxyl groups is 1. The van der Waals surface area contributed by atoms with Crippen LogP contribution in [0.2, 0.25) is 0 Å². The lowest BCUT2D eigenvalue weighted by molar-refractivity contribution is 0.261. The molecule has 0 aromatic heterocycles. The molecule has 13 heavy (non-hydrogen) atoms. The van der Waals surface area contributed by atoms with E-state index in [-0.39, 0.29) is 12.6 Å². The minimum absolute atomic E-state index is 0.230. The quantitative estimate of drug-likeness (QED) is 0.658. The summed E-state index contributed by atoms with van der Waals surface area (Å²) in [6, 6.07) is 0.230. The van der Waals surface area contributed by atoms with Gasteiger partial charge in [0, 0.05) is 12.6 Å². The van der Waals surface area contributed by atoms with Crippen LogP contribution in [0.15, 0.2) is 0 Å². The Labute approximate surface area is 81.5 Å². The van der Waals surface area contributed by atoms with Crippen molar-refractivity contribution in [3.63, 3.8) is 0 Å². The van der Waals surface area contributed by atoms with E-state index >= 15 is 0 Å². The van der Waals surface area contributed by atoms with Crippen molar-refractivity contribution in [1.29, 1.82) is 0 Å². The number of nitrogens with two attached hydrogens (primary N) is 1. The molecule has 1 aliphatic carbocycles. The molecule has 1 unspecified atom stereocenters. The molecule has 0 heterocycles. The lowest BCUT2D eigenvalue weighted by atomic mass is 9.92. The van der Waals surface area contributed by atoms with E-state index < -0.39 is 0 Å². The van der Waals surface area contributed by atoms with E-state index in [9.17, 15) is 0 Å². The molecule has 1 saturated carbocycles. The topological polar surface area (TPSA) is 46.2 Å². The Morgan fingerprint density at radius 3 is 2.31 bits per heavy atom. The van der Waals surface area contributed by atoms with Crippen molar-refractivity contribution in [3.05, 3.63) is 0 Å². The molecular weight excluding hydrogens is 162 g/mol. The Hall–Kier alpha value is -0.0800. The van der Waals surface area contributed by atoms with Gasteiger partial charge in [0.15, 0.2) is 0 Å². The van der Waals surface area contributed by atoms with Crippen molar-refractivity contribution >= 4 is 0 Å². The fourth-order valence-electron chi connectivity index (χ4n) is 2.31. The summed E-state index contributed by atoms with van der Waals surface area (Å²) in [6.07, 6.45) is 10.2. The average Bonchev–Trinajstić information content (AvgIpc) is 2.33. The van der Waals surface area contributed by atoms with Crippen LogP contribution in [0.5, 0.6) is 0 Å². The van der Waals surface area contributed by atoms with Crippen molar-refractivity contribution in [2.75, 3.05) is 6.61 Å². The zero-order chi connectivity index (χ0) is 9.52. The minimum atomic E-state index is 0.230. The Balaban J connectivity index is 2.17. The largest absolute Gasteiger partial charge is 0.396 e. The van der Waals surface area contributed by atoms with Crippen molar-refractivity contribution in [1.82, 2.24) is 0 Å². The van der Waals surface area contributed by atoms with E-state index in [0.29, 0.717) is 0 Å². The lowest BCUT2D eigenvalue weighted by Crippen LogP contribution is -2.24. The van der Waals surface area contributed by atoms with Crippen molar-refractivity contribution in [2.45, 2.75) is 57.4 Å². The highest BCUT2D eigenvalue weighted by atomic mass is 16.3. The Kier molecular flexibility index (Phi) is 5.40. The molecular formula is C11H23NO. The first-order valence-electron chi connectivity index (χ1n) is 5.69. The summed E-state index contributed by atoms with van der Waals surface area (Å²) in [5.74, 6) is 0.837. The van der Waals surface area contributed by atoms with E-state index in [1.807, 2.05) is 0 Å². The van der Waals surface area contributed by atoms with E-state index in [1.54, 1.807) is 0 Å². The predicted octanol–water partition coefficient (Wildman–Crippen LogP) is 2.06. The molecule has 1 aliphatic rings. The van der Waals surface area contributed by atoms with Gasteiger partial charge in [0.05, 0.1) is 0 Å². The van der Waals surface area contributed by atoms with Crippen molar-refractivity contribution < 1.29 is 5.11 Å². The highest BCUT2D eigenvalue weighted by molar-refractivity contribution is 4.71. The molecule has 0 aromatic rings. The third-order valence-electron chi connectivity index (χ3n) is 3.11. The molecule has 3 N–H and O–H groups in total. The zero-order valence-electron chi connectivity index (χ0n) is 8.54. The molecule has 1 fully saturated rings. The molecule has 0 aliphatic heterocycles. The third-order valence-corrected chi connectivity index (χ3v) is 3.11. The van der Waals surface area contributed by atoms with Crippen LogP contribution in [0.25, 0.3) is 0 Å². The molecule has 2 heteroatoms. The monoisotopic (exact) mass is 185 g/mol. The Morgan fingerprint density at radius 2 is 1.77 bits per heavy atom. The van der Waals surface area contributed by atoms with Crippen LogP contribution in [0.4, 0.5) is 0 Å². The van der Waals surface area contributed by atoms with Crippen molar-refractivity contribution in [2.24, 2.45) is 11.7 Å². The van der Waals surface area contributed by atoms with Crippen LogP contribution >= 0.6 is 0 Å². The fraction of sp³-hybridized carbons (Fsp3) is 1.00. The summed E-state index contributed by atoms with van der Waals surface area (Å²) in [4.78, 5) is 0. The highest BCUT2D eigenvalue weighted by Crippen LogP contribution is 2.26. The first-order valence-corrected chi connectivity index (χ1v) is 5.69. The first kappa shape index (κ1) is 11.0. The van der Waals surface area contributed by atoms with E-state index in [2.05, 4.69) is 0 Å². The summed E-state index contributed by atoms with van der Waals surface area (Å²) in [7, 11) is 0. The van der Waals surface area contributed by atoms with Gasteiger partial charge in [-0.2, -0.15) is 0 Å². The third kappa shape index (κ3) is 4.63. The van der Waals surface area contributed by atoms with Crippen LogP contribution in [0.3, 0.4) is 0 Å². The smallest absolute Gasteiger partial charge is 0.0445 e. The summed E-state index contributed by atoms with van der Waals surface area (Å²) >= 11 is 0. The number of hydrogen-bond donors (Lipinski definition) is 2. The summed E-state index contributed by atoms with van der Waals surface area (Å²) in [5.41, 5.74) is 5.91. The molecule has 0 spiro atoms. The molecule has 0 amide bonds. The summed E-state index contributed by atoms with van der Waals surface area (Å²) < 4.78 is 0. The lowest BCUT2D eigenvalue weighted by Gasteiger charge is -2.18. The van der Waals surface area contributed by atoms with E-state index in [4.69, 9.17) is 10.8 Å². The van der Waals surface area contributed by atoms with Crippen LogP contribution in [-0.2, 0) is 0 Å². The second-order valence-electron chi connectivity index (χ2n) is 4.37. The molecule has 2 nitrogen and oxygen atoms in total. The minimum Gasteiger partial charge on any atom is -0.396 e. The SMILES string of the molecule is NC(CCO)CC1CCCCCC1. The van der Waals surface area contributed by atoms with Gasteiger partial charge in [-0.25, -0.2) is 0 Å². The second kappa shape index (κ2) is 6.39. The maximum absolute atomic E-state index is 8.74. The van der Waals surface area contributed by atoms with E-state index in [1.165, 1.54) is 38.5 Å². The standard InChI is InChI=1S/C11H23NO/c12-11(7-8-13)9-10-5-3-1-2-4-6-10/h10-11,13H,1-9,12H2. The van der Waals surface area contributed by atoms with Gasteiger partial charge in [-0.1, -0.05) is 38.5 Å². The maximum Gasteiger partial charge on any atom is 0.0445 e. The van der Waals surface area contributed by atoms with Crippen LogP contribution < -0.4 is 5.73 Å². The number of rotatable bonds is 4. The van der Waals surface area contributed by atoms with Crippen LogP contribution in [0, 0.1) is 5.92 Å². The molecule has 0 bridgehead atoms.